The van der Waals surface area contributed by atoms with E-state index >= 15 is 0 Å². The molecule has 2 aliphatic rings. The fraction of sp³-hybridized carbons (Fsp3) is 1.00. The van der Waals surface area contributed by atoms with Gasteiger partial charge in [-0.15, -0.1) is 0 Å². The van der Waals surface area contributed by atoms with E-state index in [0.29, 0.717) is 0 Å². The Balaban J connectivity index is 1.77. The summed E-state index contributed by atoms with van der Waals surface area (Å²) < 4.78 is 3.48. The average Bonchev–Trinajstić information content (AvgIpc) is 2.07. The van der Waals surface area contributed by atoms with Crippen LogP contribution in [0.15, 0.2) is 0 Å². The normalized spacial score (nSPS) is 29.1. The quantitative estimate of drug-likeness (QED) is 0.683. The average molecular weight is 200 g/mol. The van der Waals surface area contributed by atoms with E-state index in [2.05, 4.69) is 22.9 Å². The number of likely N-dealkylation sites (tertiary alicyclic amines) is 1. The lowest BCUT2D eigenvalue weighted by Gasteiger charge is -2.52. The van der Waals surface area contributed by atoms with E-state index in [1.54, 1.807) is 11.9 Å². The van der Waals surface area contributed by atoms with Crippen LogP contribution in [-0.2, 0) is 0 Å². The summed E-state index contributed by atoms with van der Waals surface area (Å²) in [5.41, 5.74) is 0.728. The summed E-state index contributed by atoms with van der Waals surface area (Å²) in [6, 6.07) is 0.784. The zero-order valence-electron chi connectivity index (χ0n) is 8.68. The largest absolute Gasteiger partial charge is 0.305 e. The van der Waals surface area contributed by atoms with Gasteiger partial charge in [0.25, 0.3) is 0 Å². The van der Waals surface area contributed by atoms with Crippen LogP contribution in [0.2, 0.25) is 0 Å². The first-order chi connectivity index (χ1) is 6.24. The van der Waals surface area contributed by atoms with Gasteiger partial charge in [-0.25, -0.2) is 0 Å². The third-order valence-electron chi connectivity index (χ3n) is 3.54. The molecule has 1 N–H and O–H groups in total. The molecule has 1 spiro atoms. The fourth-order valence-corrected chi connectivity index (χ4v) is 3.50. The summed E-state index contributed by atoms with van der Waals surface area (Å²) in [7, 11) is 2.23. The molecule has 2 nitrogen and oxygen atoms in total. The van der Waals surface area contributed by atoms with Gasteiger partial charge in [0.05, 0.1) is 0 Å². The molecule has 0 atom stereocenters. The Morgan fingerprint density at radius 3 is 2.38 bits per heavy atom. The van der Waals surface area contributed by atoms with Crippen molar-refractivity contribution in [3.63, 3.8) is 0 Å². The standard InChI is InChI=1S/C10H20N2S/c1-12-7-10(8-12)5-3-9(4-6-10)11-13-2/h9,11H,3-8H2,1-2H3. The van der Waals surface area contributed by atoms with Gasteiger partial charge in [0.15, 0.2) is 0 Å². The molecule has 0 bridgehead atoms. The van der Waals surface area contributed by atoms with Crippen molar-refractivity contribution in [1.82, 2.24) is 9.62 Å². The van der Waals surface area contributed by atoms with Crippen LogP contribution in [0.3, 0.4) is 0 Å². The van der Waals surface area contributed by atoms with Crippen molar-refractivity contribution in [2.45, 2.75) is 31.7 Å². The molecule has 0 aromatic heterocycles. The number of nitrogens with one attached hydrogen (secondary N) is 1. The van der Waals surface area contributed by atoms with Gasteiger partial charge >= 0.3 is 0 Å². The van der Waals surface area contributed by atoms with Crippen LogP contribution in [0, 0.1) is 5.41 Å². The van der Waals surface area contributed by atoms with Gasteiger partial charge in [0, 0.05) is 19.1 Å². The van der Waals surface area contributed by atoms with Crippen molar-refractivity contribution in [1.29, 1.82) is 0 Å². The third-order valence-corrected chi connectivity index (χ3v) is 4.11. The molecule has 1 saturated carbocycles. The number of rotatable bonds is 2. The maximum atomic E-state index is 3.48. The molecule has 1 aliphatic heterocycles. The highest BCUT2D eigenvalue weighted by molar-refractivity contribution is 7.96. The highest BCUT2D eigenvalue weighted by Gasteiger charge is 2.43. The van der Waals surface area contributed by atoms with Gasteiger partial charge in [-0.2, -0.15) is 0 Å². The fourth-order valence-electron chi connectivity index (χ4n) is 2.93. The molecule has 0 unspecified atom stereocenters. The number of hydrogen-bond donors (Lipinski definition) is 1. The second kappa shape index (κ2) is 3.79. The van der Waals surface area contributed by atoms with E-state index in [1.807, 2.05) is 0 Å². The molecule has 13 heavy (non-hydrogen) atoms. The Kier molecular flexibility index (Phi) is 2.86. The molecular weight excluding hydrogens is 180 g/mol. The molecule has 2 rings (SSSR count). The van der Waals surface area contributed by atoms with E-state index in [9.17, 15) is 0 Å². The van der Waals surface area contributed by atoms with Crippen molar-refractivity contribution in [3.05, 3.63) is 0 Å². The Morgan fingerprint density at radius 2 is 1.92 bits per heavy atom. The lowest BCUT2D eigenvalue weighted by molar-refractivity contribution is -0.0141. The van der Waals surface area contributed by atoms with Gasteiger partial charge in [-0.1, -0.05) is 11.9 Å². The van der Waals surface area contributed by atoms with Gasteiger partial charge in [0.1, 0.15) is 0 Å². The Labute approximate surface area is 85.6 Å². The molecule has 1 saturated heterocycles. The molecule has 0 aromatic rings. The lowest BCUT2D eigenvalue weighted by atomic mass is 9.68. The van der Waals surface area contributed by atoms with Gasteiger partial charge < -0.3 is 4.90 Å². The van der Waals surface area contributed by atoms with Crippen LogP contribution in [0.25, 0.3) is 0 Å². The first kappa shape index (κ1) is 9.81. The SMILES string of the molecule is CSNC1CCC2(CC1)CN(C)C2. The Morgan fingerprint density at radius 1 is 1.31 bits per heavy atom. The molecule has 76 valence electrons. The van der Waals surface area contributed by atoms with Crippen LogP contribution in [0.4, 0.5) is 0 Å². The highest BCUT2D eigenvalue weighted by Crippen LogP contribution is 2.43. The second-order valence-electron chi connectivity index (χ2n) is 4.77. The predicted octanol–water partition coefficient (Wildman–Crippen LogP) is 1.73. The first-order valence-corrected chi connectivity index (χ1v) is 6.44. The van der Waals surface area contributed by atoms with Crippen LogP contribution >= 0.6 is 11.9 Å². The number of hydrogen-bond acceptors (Lipinski definition) is 3. The summed E-state index contributed by atoms with van der Waals surface area (Å²) >= 11 is 1.77. The molecule has 3 heteroatoms. The maximum absolute atomic E-state index is 3.48. The minimum Gasteiger partial charge on any atom is -0.305 e. The predicted molar refractivity (Wildman–Crippen MR) is 58.8 cm³/mol. The molecule has 1 heterocycles. The zero-order chi connectivity index (χ0) is 9.31. The smallest absolute Gasteiger partial charge is 0.0172 e. The van der Waals surface area contributed by atoms with E-state index in [-0.39, 0.29) is 0 Å². The van der Waals surface area contributed by atoms with E-state index in [0.717, 1.165) is 11.5 Å². The summed E-state index contributed by atoms with van der Waals surface area (Å²) in [5.74, 6) is 0. The second-order valence-corrected chi connectivity index (χ2v) is 5.41. The first-order valence-electron chi connectivity index (χ1n) is 5.21. The van der Waals surface area contributed by atoms with Crippen LogP contribution in [0.1, 0.15) is 25.7 Å². The highest BCUT2D eigenvalue weighted by atomic mass is 32.2. The van der Waals surface area contributed by atoms with Crippen molar-refractivity contribution in [3.8, 4) is 0 Å². The summed E-state index contributed by atoms with van der Waals surface area (Å²) in [6.45, 7) is 2.69. The molecule has 2 fully saturated rings. The maximum Gasteiger partial charge on any atom is 0.0172 e. The molecule has 0 amide bonds. The molecular formula is C10H20N2S. The topological polar surface area (TPSA) is 15.3 Å². The number of nitrogens with zero attached hydrogens (tertiary/aromatic N) is 1. The van der Waals surface area contributed by atoms with Crippen LogP contribution < -0.4 is 4.72 Å². The minimum absolute atomic E-state index is 0.728. The monoisotopic (exact) mass is 200 g/mol. The van der Waals surface area contributed by atoms with E-state index in [1.165, 1.54) is 38.8 Å². The van der Waals surface area contributed by atoms with Gasteiger partial charge in [-0.3, -0.25) is 4.72 Å². The molecule has 1 aliphatic carbocycles. The Hall–Kier alpha value is 0.270. The minimum atomic E-state index is 0.728. The van der Waals surface area contributed by atoms with Crippen LogP contribution in [-0.4, -0.2) is 37.3 Å². The van der Waals surface area contributed by atoms with Crippen molar-refractivity contribution >= 4 is 11.9 Å². The summed E-state index contributed by atoms with van der Waals surface area (Å²) in [4.78, 5) is 2.45. The van der Waals surface area contributed by atoms with Crippen LogP contribution in [0.5, 0.6) is 0 Å². The zero-order valence-corrected chi connectivity index (χ0v) is 9.49. The van der Waals surface area contributed by atoms with Gasteiger partial charge in [-0.05, 0) is 44.4 Å². The van der Waals surface area contributed by atoms with E-state index < -0.39 is 0 Å². The van der Waals surface area contributed by atoms with Crippen molar-refractivity contribution < 1.29 is 0 Å². The van der Waals surface area contributed by atoms with E-state index in [4.69, 9.17) is 0 Å². The van der Waals surface area contributed by atoms with Crippen molar-refractivity contribution in [2.75, 3.05) is 26.4 Å². The molecule has 0 aromatic carbocycles. The Bertz CT molecular complexity index is 168. The lowest BCUT2D eigenvalue weighted by Crippen LogP contribution is -2.56. The summed E-state index contributed by atoms with van der Waals surface area (Å²) in [6.07, 6.45) is 7.77. The summed E-state index contributed by atoms with van der Waals surface area (Å²) in [5, 5.41) is 0. The third kappa shape index (κ3) is 2.03. The van der Waals surface area contributed by atoms with Crippen molar-refractivity contribution in [2.24, 2.45) is 5.41 Å². The molecule has 0 radical (unpaired) electrons. The van der Waals surface area contributed by atoms with Gasteiger partial charge in [0.2, 0.25) is 0 Å².